The monoisotopic (exact) mass is 354 g/mol. The van der Waals surface area contributed by atoms with Gasteiger partial charge in [0.15, 0.2) is 0 Å². The van der Waals surface area contributed by atoms with E-state index in [9.17, 15) is 4.79 Å². The smallest absolute Gasteiger partial charge is 0.225 e. The van der Waals surface area contributed by atoms with Crippen molar-refractivity contribution in [2.45, 2.75) is 12.5 Å². The largest absolute Gasteiger partial charge is 0.355 e. The number of nitrogens with two attached hydrogens (primary N) is 1. The highest BCUT2D eigenvalue weighted by Crippen LogP contribution is 2.13. The molecule has 3 rings (SSSR count). The van der Waals surface area contributed by atoms with E-state index in [4.69, 9.17) is 5.73 Å². The fraction of sp³-hybridized carbons (Fsp3) is 0.421. The minimum absolute atomic E-state index is 0.00215. The van der Waals surface area contributed by atoms with Crippen LogP contribution in [0.15, 0.2) is 48.8 Å². The minimum Gasteiger partial charge on any atom is -0.355 e. The molecule has 1 aromatic carbocycles. The van der Waals surface area contributed by atoms with Crippen LogP contribution in [0.25, 0.3) is 0 Å². The van der Waals surface area contributed by atoms with E-state index in [-0.39, 0.29) is 11.9 Å². The summed E-state index contributed by atoms with van der Waals surface area (Å²) in [6, 6.07) is 11.3. The molecule has 1 aliphatic rings. The fourth-order valence-corrected chi connectivity index (χ4v) is 3.07. The lowest BCUT2D eigenvalue weighted by molar-refractivity contribution is -0.121. The number of carbonyl (C=O) groups excluding carboxylic acids is 1. The van der Waals surface area contributed by atoms with Gasteiger partial charge in [0.05, 0.1) is 0 Å². The van der Waals surface area contributed by atoms with E-state index in [1.807, 2.05) is 36.4 Å². The predicted octanol–water partition coefficient (Wildman–Crippen LogP) is 0.805. The summed E-state index contributed by atoms with van der Waals surface area (Å²) >= 11 is 0. The maximum atomic E-state index is 12.1. The lowest BCUT2D eigenvalue weighted by Crippen LogP contribution is -2.49. The Balaban J connectivity index is 1.33. The first-order valence-electron chi connectivity index (χ1n) is 9.04. The Hall–Kier alpha value is -2.51. The molecule has 26 heavy (non-hydrogen) atoms. The average molecular weight is 354 g/mol. The van der Waals surface area contributed by atoms with E-state index in [0.717, 1.165) is 44.2 Å². The van der Waals surface area contributed by atoms with Crippen LogP contribution in [0.5, 0.6) is 0 Å². The molecule has 1 aliphatic heterocycles. The normalized spacial score (nSPS) is 16.3. The van der Waals surface area contributed by atoms with Crippen LogP contribution in [0.2, 0.25) is 0 Å². The summed E-state index contributed by atoms with van der Waals surface area (Å²) in [6.07, 6.45) is 3.85. The second-order valence-electron chi connectivity index (χ2n) is 6.45. The summed E-state index contributed by atoms with van der Waals surface area (Å²) in [5.74, 6) is 0.785. The molecule has 0 spiro atoms. The Bertz CT molecular complexity index is 673. The zero-order valence-electron chi connectivity index (χ0n) is 14.9. The maximum Gasteiger partial charge on any atom is 0.225 e. The zero-order chi connectivity index (χ0) is 18.2. The second kappa shape index (κ2) is 9.26. The lowest BCUT2D eigenvalue weighted by atomic mass is 10.0. The summed E-state index contributed by atoms with van der Waals surface area (Å²) in [4.78, 5) is 25.2. The summed E-state index contributed by atoms with van der Waals surface area (Å²) < 4.78 is 0. The molecular formula is C19H26N6O. The van der Waals surface area contributed by atoms with E-state index in [1.54, 1.807) is 12.4 Å². The van der Waals surface area contributed by atoms with Gasteiger partial charge in [-0.15, -0.1) is 0 Å². The number of anilines is 1. The average Bonchev–Trinajstić information content (AvgIpc) is 2.70. The van der Waals surface area contributed by atoms with Crippen LogP contribution >= 0.6 is 0 Å². The molecule has 3 N–H and O–H groups in total. The molecule has 2 heterocycles. The van der Waals surface area contributed by atoms with Crippen LogP contribution in [-0.2, 0) is 4.79 Å². The number of aromatic nitrogens is 2. The molecule has 0 aliphatic carbocycles. The molecule has 1 amide bonds. The Morgan fingerprint density at radius 2 is 1.77 bits per heavy atom. The van der Waals surface area contributed by atoms with Crippen molar-refractivity contribution in [2.24, 2.45) is 5.73 Å². The van der Waals surface area contributed by atoms with Crippen molar-refractivity contribution in [1.29, 1.82) is 0 Å². The molecule has 7 nitrogen and oxygen atoms in total. The molecule has 1 saturated heterocycles. The van der Waals surface area contributed by atoms with Gasteiger partial charge in [0.25, 0.3) is 0 Å². The van der Waals surface area contributed by atoms with Crippen molar-refractivity contribution >= 4 is 11.9 Å². The van der Waals surface area contributed by atoms with Gasteiger partial charge in [-0.05, 0) is 11.6 Å². The quantitative estimate of drug-likeness (QED) is 0.765. The van der Waals surface area contributed by atoms with Crippen LogP contribution in [0.4, 0.5) is 5.95 Å². The van der Waals surface area contributed by atoms with Crippen LogP contribution in [-0.4, -0.2) is 60.0 Å². The zero-order valence-corrected chi connectivity index (χ0v) is 14.9. The molecule has 1 aromatic heterocycles. The summed E-state index contributed by atoms with van der Waals surface area (Å²) in [5.41, 5.74) is 7.08. The highest BCUT2D eigenvalue weighted by Gasteiger charge is 2.18. The third-order valence-electron chi connectivity index (χ3n) is 4.59. The highest BCUT2D eigenvalue weighted by atomic mass is 16.1. The van der Waals surface area contributed by atoms with Gasteiger partial charge in [-0.1, -0.05) is 30.3 Å². The lowest BCUT2D eigenvalue weighted by Gasteiger charge is -2.34. The molecular weight excluding hydrogens is 328 g/mol. The number of carbonyl (C=O) groups is 1. The SMILES string of the molecule is NC(CC(=O)NCCN1CCN(c2ncccn2)CC1)c1ccccc1. The topological polar surface area (TPSA) is 87.4 Å². The van der Waals surface area contributed by atoms with Gasteiger partial charge in [-0.2, -0.15) is 0 Å². The van der Waals surface area contributed by atoms with Gasteiger partial charge < -0.3 is 16.0 Å². The predicted molar refractivity (Wildman–Crippen MR) is 102 cm³/mol. The molecule has 0 saturated carbocycles. The Kier molecular flexibility index (Phi) is 6.51. The minimum atomic E-state index is -0.259. The summed E-state index contributed by atoms with van der Waals surface area (Å²) in [7, 11) is 0. The number of hydrogen-bond donors (Lipinski definition) is 2. The molecule has 1 unspecified atom stereocenters. The second-order valence-corrected chi connectivity index (χ2v) is 6.45. The van der Waals surface area contributed by atoms with Crippen molar-refractivity contribution in [3.8, 4) is 0 Å². The first-order chi connectivity index (χ1) is 12.7. The number of amides is 1. The first-order valence-corrected chi connectivity index (χ1v) is 9.04. The van der Waals surface area contributed by atoms with Crippen LogP contribution in [0.1, 0.15) is 18.0 Å². The molecule has 1 atom stereocenters. The van der Waals surface area contributed by atoms with Crippen LogP contribution in [0.3, 0.4) is 0 Å². The van der Waals surface area contributed by atoms with E-state index in [0.29, 0.717) is 13.0 Å². The summed E-state index contributed by atoms with van der Waals surface area (Å²) in [6.45, 7) is 5.17. The van der Waals surface area contributed by atoms with Crippen molar-refractivity contribution in [1.82, 2.24) is 20.2 Å². The molecule has 0 radical (unpaired) electrons. The van der Waals surface area contributed by atoms with E-state index >= 15 is 0 Å². The number of nitrogens with one attached hydrogen (secondary N) is 1. The van der Waals surface area contributed by atoms with E-state index < -0.39 is 0 Å². The molecule has 1 fully saturated rings. The van der Waals surface area contributed by atoms with Crippen molar-refractivity contribution in [2.75, 3.05) is 44.2 Å². The highest BCUT2D eigenvalue weighted by molar-refractivity contribution is 5.76. The standard InChI is InChI=1S/C19H26N6O/c20-17(16-5-2-1-3-6-16)15-18(26)21-9-10-24-11-13-25(14-12-24)19-22-7-4-8-23-19/h1-8,17H,9-15,20H2,(H,21,26). The van der Waals surface area contributed by atoms with Gasteiger partial charge >= 0.3 is 0 Å². The molecule has 0 bridgehead atoms. The van der Waals surface area contributed by atoms with Gasteiger partial charge in [0.1, 0.15) is 0 Å². The van der Waals surface area contributed by atoms with Crippen LogP contribution < -0.4 is 16.0 Å². The van der Waals surface area contributed by atoms with Crippen molar-refractivity contribution in [3.05, 3.63) is 54.4 Å². The number of piperazine rings is 1. The van der Waals surface area contributed by atoms with Gasteiger partial charge in [0, 0.05) is 64.1 Å². The van der Waals surface area contributed by atoms with E-state index in [2.05, 4.69) is 25.1 Å². The first kappa shape index (κ1) is 18.3. The number of rotatable bonds is 7. The Labute approximate surface area is 154 Å². The van der Waals surface area contributed by atoms with Gasteiger partial charge in [-0.25, -0.2) is 9.97 Å². The third kappa shape index (κ3) is 5.24. The molecule has 2 aromatic rings. The third-order valence-corrected chi connectivity index (χ3v) is 4.59. The number of nitrogens with zero attached hydrogens (tertiary/aromatic N) is 4. The molecule has 7 heteroatoms. The fourth-order valence-electron chi connectivity index (χ4n) is 3.07. The van der Waals surface area contributed by atoms with Crippen molar-refractivity contribution < 1.29 is 4.79 Å². The van der Waals surface area contributed by atoms with E-state index in [1.165, 1.54) is 0 Å². The Morgan fingerprint density at radius 3 is 2.46 bits per heavy atom. The Morgan fingerprint density at radius 1 is 1.08 bits per heavy atom. The summed E-state index contributed by atoms with van der Waals surface area (Å²) in [5, 5.41) is 2.97. The maximum absolute atomic E-state index is 12.1. The van der Waals surface area contributed by atoms with Gasteiger partial charge in [-0.3, -0.25) is 9.69 Å². The molecule has 138 valence electrons. The number of hydrogen-bond acceptors (Lipinski definition) is 6. The van der Waals surface area contributed by atoms with Crippen molar-refractivity contribution in [3.63, 3.8) is 0 Å². The van der Waals surface area contributed by atoms with Gasteiger partial charge in [0.2, 0.25) is 11.9 Å². The van der Waals surface area contributed by atoms with Crippen LogP contribution in [0, 0.1) is 0 Å². The number of benzene rings is 1.